The second-order valence-electron chi connectivity index (χ2n) is 5.22. The van der Waals surface area contributed by atoms with Gasteiger partial charge in [0.2, 0.25) is 0 Å². The maximum absolute atomic E-state index is 11.5. The summed E-state index contributed by atoms with van der Waals surface area (Å²) in [6.07, 6.45) is 1.15. The fourth-order valence-electron chi connectivity index (χ4n) is 1.65. The van der Waals surface area contributed by atoms with Crippen molar-refractivity contribution in [1.29, 1.82) is 0 Å². The highest BCUT2D eigenvalue weighted by Crippen LogP contribution is 2.10. The fourth-order valence-corrected chi connectivity index (χ4v) is 1.65. The molecular weight excluding hydrogens is 256 g/mol. The van der Waals surface area contributed by atoms with Crippen molar-refractivity contribution in [2.45, 2.75) is 32.8 Å². The summed E-state index contributed by atoms with van der Waals surface area (Å²) in [5.41, 5.74) is 1.13. The van der Waals surface area contributed by atoms with E-state index in [1.165, 1.54) is 0 Å². The fraction of sp³-hybridized carbons (Fsp3) is 0.533. The number of phenolic OH excluding ortho intramolecular Hbond substituents is 1. The first kappa shape index (κ1) is 16.3. The number of aliphatic hydroxyl groups is 1. The zero-order valence-corrected chi connectivity index (χ0v) is 12.1. The summed E-state index contributed by atoms with van der Waals surface area (Å²) in [4.78, 5) is 11.5. The van der Waals surface area contributed by atoms with Gasteiger partial charge in [-0.3, -0.25) is 0 Å². The molecule has 112 valence electrons. The average Bonchev–Trinajstić information content (AvgIpc) is 2.42. The van der Waals surface area contributed by atoms with E-state index in [-0.39, 0.29) is 24.2 Å². The molecule has 0 saturated heterocycles. The van der Waals surface area contributed by atoms with Gasteiger partial charge in [0.15, 0.2) is 0 Å². The Morgan fingerprint density at radius 2 is 1.85 bits per heavy atom. The first-order valence-corrected chi connectivity index (χ1v) is 6.96. The van der Waals surface area contributed by atoms with Crippen LogP contribution in [0.2, 0.25) is 0 Å². The van der Waals surface area contributed by atoms with E-state index in [0.29, 0.717) is 6.54 Å². The number of benzene rings is 1. The van der Waals surface area contributed by atoms with Gasteiger partial charge in [0, 0.05) is 13.1 Å². The van der Waals surface area contributed by atoms with Crippen LogP contribution in [0.4, 0.5) is 4.79 Å². The molecule has 1 unspecified atom stereocenters. The van der Waals surface area contributed by atoms with Crippen molar-refractivity contribution in [2.75, 3.05) is 13.1 Å². The third-order valence-corrected chi connectivity index (χ3v) is 3.11. The maximum atomic E-state index is 11.5. The predicted octanol–water partition coefficient (Wildman–Crippen LogP) is 1.64. The van der Waals surface area contributed by atoms with Gasteiger partial charge in [0.25, 0.3) is 0 Å². The number of hydrogen-bond donors (Lipinski definition) is 4. The van der Waals surface area contributed by atoms with E-state index in [1.807, 2.05) is 26.0 Å². The van der Waals surface area contributed by atoms with E-state index in [2.05, 4.69) is 10.6 Å². The lowest BCUT2D eigenvalue weighted by Crippen LogP contribution is -2.41. The molecule has 0 fully saturated rings. The van der Waals surface area contributed by atoms with Gasteiger partial charge in [-0.1, -0.05) is 26.0 Å². The Labute approximate surface area is 120 Å². The van der Waals surface area contributed by atoms with Crippen molar-refractivity contribution in [3.05, 3.63) is 29.8 Å². The molecule has 0 saturated carbocycles. The molecule has 0 radical (unpaired) electrons. The van der Waals surface area contributed by atoms with Crippen molar-refractivity contribution >= 4 is 6.03 Å². The first-order valence-electron chi connectivity index (χ1n) is 6.96. The largest absolute Gasteiger partial charge is 0.508 e. The van der Waals surface area contributed by atoms with E-state index >= 15 is 0 Å². The molecule has 0 spiro atoms. The number of hydrogen-bond acceptors (Lipinski definition) is 3. The second kappa shape index (κ2) is 8.43. The Balaban J connectivity index is 2.11. The van der Waals surface area contributed by atoms with E-state index in [9.17, 15) is 9.90 Å². The van der Waals surface area contributed by atoms with Crippen LogP contribution >= 0.6 is 0 Å². The Hall–Kier alpha value is -1.75. The summed E-state index contributed by atoms with van der Waals surface area (Å²) in [6, 6.07) is 6.80. The van der Waals surface area contributed by atoms with Gasteiger partial charge in [0.05, 0.1) is 6.10 Å². The molecule has 2 amide bonds. The number of urea groups is 1. The highest BCUT2D eigenvalue weighted by Gasteiger charge is 2.10. The van der Waals surface area contributed by atoms with Crippen LogP contribution in [0.15, 0.2) is 24.3 Å². The number of carbonyl (C=O) groups excluding carboxylic acids is 1. The average molecular weight is 280 g/mol. The Morgan fingerprint density at radius 3 is 2.45 bits per heavy atom. The Bertz CT molecular complexity index is 404. The van der Waals surface area contributed by atoms with Crippen LogP contribution in [0.25, 0.3) is 0 Å². The van der Waals surface area contributed by atoms with Crippen molar-refractivity contribution in [3.8, 4) is 5.75 Å². The Kier molecular flexibility index (Phi) is 6.87. The summed E-state index contributed by atoms with van der Waals surface area (Å²) in [6.45, 7) is 4.65. The molecule has 0 aliphatic rings. The SMILES string of the molecule is CC(C)C(O)CNC(=O)NCCCc1ccc(O)cc1. The van der Waals surface area contributed by atoms with Crippen molar-refractivity contribution in [1.82, 2.24) is 10.6 Å². The minimum Gasteiger partial charge on any atom is -0.508 e. The quantitative estimate of drug-likeness (QED) is 0.573. The van der Waals surface area contributed by atoms with Crippen LogP contribution in [-0.2, 0) is 6.42 Å². The van der Waals surface area contributed by atoms with Gasteiger partial charge in [-0.2, -0.15) is 0 Å². The molecule has 0 aromatic heterocycles. The number of aryl methyl sites for hydroxylation is 1. The third kappa shape index (κ3) is 6.43. The molecule has 0 bridgehead atoms. The molecule has 1 rings (SSSR count). The lowest BCUT2D eigenvalue weighted by molar-refractivity contribution is 0.125. The predicted molar refractivity (Wildman–Crippen MR) is 78.7 cm³/mol. The van der Waals surface area contributed by atoms with E-state index in [4.69, 9.17) is 5.11 Å². The molecule has 1 aromatic carbocycles. The lowest BCUT2D eigenvalue weighted by Gasteiger charge is -2.15. The van der Waals surface area contributed by atoms with Gasteiger partial charge in [-0.25, -0.2) is 4.79 Å². The molecule has 5 nitrogen and oxygen atoms in total. The number of carbonyl (C=O) groups is 1. The number of aliphatic hydroxyl groups excluding tert-OH is 1. The van der Waals surface area contributed by atoms with Gasteiger partial charge in [-0.05, 0) is 36.5 Å². The van der Waals surface area contributed by atoms with Crippen LogP contribution in [-0.4, -0.2) is 35.4 Å². The number of amides is 2. The lowest BCUT2D eigenvalue weighted by atomic mass is 10.1. The van der Waals surface area contributed by atoms with Crippen molar-refractivity contribution < 1.29 is 15.0 Å². The molecule has 4 N–H and O–H groups in total. The van der Waals surface area contributed by atoms with Crippen LogP contribution in [0.1, 0.15) is 25.8 Å². The molecule has 1 atom stereocenters. The number of rotatable bonds is 7. The normalized spacial score (nSPS) is 12.2. The molecular formula is C15H24N2O3. The number of nitrogens with one attached hydrogen (secondary N) is 2. The van der Waals surface area contributed by atoms with Crippen LogP contribution in [0.5, 0.6) is 5.75 Å². The van der Waals surface area contributed by atoms with Crippen LogP contribution in [0, 0.1) is 5.92 Å². The summed E-state index contributed by atoms with van der Waals surface area (Å²) < 4.78 is 0. The van der Waals surface area contributed by atoms with Gasteiger partial charge in [0.1, 0.15) is 5.75 Å². The second-order valence-corrected chi connectivity index (χ2v) is 5.22. The molecule has 0 aliphatic heterocycles. The summed E-state index contributed by atoms with van der Waals surface area (Å²) in [5.74, 6) is 0.389. The topological polar surface area (TPSA) is 81.6 Å². The molecule has 1 aromatic rings. The summed E-state index contributed by atoms with van der Waals surface area (Å²) in [7, 11) is 0. The van der Waals surface area contributed by atoms with Crippen LogP contribution < -0.4 is 10.6 Å². The van der Waals surface area contributed by atoms with Gasteiger partial charge >= 0.3 is 6.03 Å². The van der Waals surface area contributed by atoms with Crippen molar-refractivity contribution in [3.63, 3.8) is 0 Å². The first-order chi connectivity index (χ1) is 9.49. The van der Waals surface area contributed by atoms with E-state index < -0.39 is 6.10 Å². The number of aromatic hydroxyl groups is 1. The molecule has 0 aliphatic carbocycles. The minimum atomic E-state index is -0.516. The standard InChI is InChI=1S/C15H24N2O3/c1-11(2)14(19)10-17-15(20)16-9-3-4-12-5-7-13(18)8-6-12/h5-8,11,14,18-19H,3-4,9-10H2,1-2H3,(H2,16,17,20). The maximum Gasteiger partial charge on any atom is 0.314 e. The highest BCUT2D eigenvalue weighted by molar-refractivity contribution is 5.73. The summed E-state index contributed by atoms with van der Waals surface area (Å²) in [5, 5.41) is 24.1. The van der Waals surface area contributed by atoms with Crippen LogP contribution in [0.3, 0.4) is 0 Å². The molecule has 5 heteroatoms. The highest BCUT2D eigenvalue weighted by atomic mass is 16.3. The van der Waals surface area contributed by atoms with E-state index in [1.54, 1.807) is 12.1 Å². The monoisotopic (exact) mass is 280 g/mol. The van der Waals surface area contributed by atoms with Gasteiger partial charge < -0.3 is 20.8 Å². The zero-order valence-electron chi connectivity index (χ0n) is 12.1. The summed E-state index contributed by atoms with van der Waals surface area (Å²) >= 11 is 0. The van der Waals surface area contributed by atoms with Gasteiger partial charge in [-0.15, -0.1) is 0 Å². The zero-order chi connectivity index (χ0) is 15.0. The minimum absolute atomic E-state index is 0.129. The third-order valence-electron chi connectivity index (χ3n) is 3.11. The van der Waals surface area contributed by atoms with E-state index in [0.717, 1.165) is 18.4 Å². The molecule has 20 heavy (non-hydrogen) atoms. The number of phenols is 1. The van der Waals surface area contributed by atoms with Crippen molar-refractivity contribution in [2.24, 2.45) is 5.92 Å². The smallest absolute Gasteiger partial charge is 0.314 e. The molecule has 0 heterocycles. The Morgan fingerprint density at radius 1 is 1.20 bits per heavy atom.